The normalized spacial score (nSPS) is 11.5. The van der Waals surface area contributed by atoms with E-state index in [4.69, 9.17) is 14.5 Å². The van der Waals surface area contributed by atoms with Gasteiger partial charge in [-0.25, -0.2) is 14.5 Å². The summed E-state index contributed by atoms with van der Waals surface area (Å²) >= 11 is 1.68. The number of hydrogen-bond donors (Lipinski definition) is 0. The van der Waals surface area contributed by atoms with E-state index in [0.29, 0.717) is 12.4 Å². The molecule has 0 radical (unpaired) electrons. The molecule has 0 atom stereocenters. The van der Waals surface area contributed by atoms with Crippen LogP contribution in [0.15, 0.2) is 42.7 Å². The molecule has 0 fully saturated rings. The molecular formula is C21H18N4O2S. The Morgan fingerprint density at radius 2 is 1.79 bits per heavy atom. The largest absolute Gasteiger partial charge is 0.497 e. The first-order valence-corrected chi connectivity index (χ1v) is 9.74. The maximum absolute atomic E-state index is 5.95. The van der Waals surface area contributed by atoms with E-state index in [1.54, 1.807) is 29.3 Å². The molecule has 0 N–H and O–H groups in total. The fourth-order valence-corrected chi connectivity index (χ4v) is 4.31. The number of benzene rings is 2. The molecule has 5 aromatic rings. The highest BCUT2D eigenvalue weighted by atomic mass is 32.1. The van der Waals surface area contributed by atoms with Gasteiger partial charge in [0.25, 0.3) is 0 Å². The van der Waals surface area contributed by atoms with Crippen LogP contribution in [0.4, 0.5) is 0 Å². The summed E-state index contributed by atoms with van der Waals surface area (Å²) in [5.74, 6) is 2.25. The highest BCUT2D eigenvalue weighted by Crippen LogP contribution is 2.31. The highest BCUT2D eigenvalue weighted by Gasteiger charge is 2.14. The second-order valence-corrected chi connectivity index (χ2v) is 7.87. The lowest BCUT2D eigenvalue weighted by Gasteiger charge is -2.06. The number of aromatic nitrogens is 4. The Hall–Kier alpha value is -3.19. The van der Waals surface area contributed by atoms with Crippen molar-refractivity contribution in [3.63, 3.8) is 0 Å². The van der Waals surface area contributed by atoms with Crippen molar-refractivity contribution in [1.29, 1.82) is 0 Å². The van der Waals surface area contributed by atoms with Gasteiger partial charge in [-0.05, 0) is 54.4 Å². The van der Waals surface area contributed by atoms with Crippen molar-refractivity contribution in [1.82, 2.24) is 19.6 Å². The summed E-state index contributed by atoms with van der Waals surface area (Å²) < 4.78 is 12.9. The number of rotatable bonds is 4. The van der Waals surface area contributed by atoms with Gasteiger partial charge in [-0.15, -0.1) is 16.4 Å². The van der Waals surface area contributed by atoms with E-state index < -0.39 is 0 Å². The zero-order chi connectivity index (χ0) is 19.3. The molecule has 3 aromatic heterocycles. The third-order valence-electron chi connectivity index (χ3n) is 4.94. The topological polar surface area (TPSA) is 61.5 Å². The van der Waals surface area contributed by atoms with Crippen LogP contribution in [0.25, 0.3) is 26.6 Å². The third kappa shape index (κ3) is 2.75. The molecule has 0 unspecified atom stereocenters. The van der Waals surface area contributed by atoms with Crippen LogP contribution >= 0.6 is 11.3 Å². The summed E-state index contributed by atoms with van der Waals surface area (Å²) in [5, 5.41) is 7.79. The Bertz CT molecular complexity index is 1340. The molecule has 0 aliphatic rings. The maximum atomic E-state index is 5.95. The minimum absolute atomic E-state index is 0.299. The minimum Gasteiger partial charge on any atom is -0.497 e. The average molecular weight is 390 g/mol. The van der Waals surface area contributed by atoms with E-state index in [1.165, 1.54) is 10.4 Å². The lowest BCUT2D eigenvalue weighted by molar-refractivity contribution is 0.296. The van der Waals surface area contributed by atoms with Gasteiger partial charge in [0, 0.05) is 4.88 Å². The van der Waals surface area contributed by atoms with E-state index in [-0.39, 0.29) is 0 Å². The smallest absolute Gasteiger partial charge is 0.189 e. The fraction of sp³-hybridized carbons (Fsp3) is 0.190. The number of ether oxygens (including phenoxy) is 2. The monoisotopic (exact) mass is 390 g/mol. The van der Waals surface area contributed by atoms with Crippen LogP contribution in [0.1, 0.15) is 16.3 Å². The van der Waals surface area contributed by atoms with Gasteiger partial charge in [-0.2, -0.15) is 0 Å². The quantitative estimate of drug-likeness (QED) is 0.445. The number of methoxy groups -OCH3 is 1. The molecule has 0 spiro atoms. The Balaban J connectivity index is 1.44. The van der Waals surface area contributed by atoms with Crippen LogP contribution in [0, 0.1) is 13.8 Å². The van der Waals surface area contributed by atoms with Crippen LogP contribution in [0.5, 0.6) is 11.5 Å². The van der Waals surface area contributed by atoms with Crippen molar-refractivity contribution in [3.8, 4) is 11.5 Å². The number of hydrogen-bond acceptors (Lipinski definition) is 6. The van der Waals surface area contributed by atoms with E-state index in [0.717, 1.165) is 38.1 Å². The van der Waals surface area contributed by atoms with E-state index >= 15 is 0 Å². The molecule has 3 heterocycles. The van der Waals surface area contributed by atoms with Crippen LogP contribution in [-0.2, 0) is 6.61 Å². The zero-order valence-electron chi connectivity index (χ0n) is 15.8. The molecular weight excluding hydrogens is 372 g/mol. The average Bonchev–Trinajstić information content (AvgIpc) is 3.26. The van der Waals surface area contributed by atoms with Crippen molar-refractivity contribution in [2.45, 2.75) is 20.5 Å². The van der Waals surface area contributed by atoms with Crippen molar-refractivity contribution in [2.75, 3.05) is 7.11 Å². The molecule has 0 amide bonds. The molecule has 0 saturated heterocycles. The summed E-state index contributed by atoms with van der Waals surface area (Å²) in [5.41, 5.74) is 2.04. The van der Waals surface area contributed by atoms with Gasteiger partial charge < -0.3 is 9.47 Å². The molecule has 6 nitrogen and oxygen atoms in total. The molecule has 2 aromatic carbocycles. The summed E-state index contributed by atoms with van der Waals surface area (Å²) in [6.07, 6.45) is 1.72. The van der Waals surface area contributed by atoms with Gasteiger partial charge in [0.2, 0.25) is 0 Å². The van der Waals surface area contributed by atoms with Crippen LogP contribution in [0.2, 0.25) is 0 Å². The van der Waals surface area contributed by atoms with Crippen molar-refractivity contribution >= 4 is 38.0 Å². The number of fused-ring (bicyclic) bond motifs is 4. The van der Waals surface area contributed by atoms with Gasteiger partial charge in [0.15, 0.2) is 11.5 Å². The first-order valence-electron chi connectivity index (χ1n) is 8.93. The molecule has 140 valence electrons. The Labute approximate surface area is 165 Å². The molecule has 5 rings (SSSR count). The van der Waals surface area contributed by atoms with Crippen molar-refractivity contribution in [3.05, 3.63) is 59.0 Å². The number of aryl methyl sites for hydroxylation is 2. The zero-order valence-corrected chi connectivity index (χ0v) is 16.6. The van der Waals surface area contributed by atoms with Gasteiger partial charge in [-0.3, -0.25) is 0 Å². The highest BCUT2D eigenvalue weighted by molar-refractivity contribution is 7.18. The Morgan fingerprint density at radius 3 is 2.57 bits per heavy atom. The van der Waals surface area contributed by atoms with Gasteiger partial charge in [-0.1, -0.05) is 12.1 Å². The van der Waals surface area contributed by atoms with Crippen LogP contribution < -0.4 is 9.47 Å². The predicted octanol–water partition coefficient (Wildman–Crippen LogP) is 4.70. The Kier molecular flexibility index (Phi) is 3.91. The Morgan fingerprint density at radius 1 is 1.04 bits per heavy atom. The second kappa shape index (κ2) is 6.45. The second-order valence-electron chi connectivity index (χ2n) is 6.67. The predicted molar refractivity (Wildman–Crippen MR) is 110 cm³/mol. The summed E-state index contributed by atoms with van der Waals surface area (Å²) in [6.45, 7) is 4.51. The lowest BCUT2D eigenvalue weighted by Crippen LogP contribution is -1.98. The number of thiophene rings is 1. The lowest BCUT2D eigenvalue weighted by atomic mass is 10.1. The van der Waals surface area contributed by atoms with Gasteiger partial charge >= 0.3 is 0 Å². The van der Waals surface area contributed by atoms with Crippen molar-refractivity contribution in [2.24, 2.45) is 0 Å². The minimum atomic E-state index is 0.299. The molecule has 0 saturated carbocycles. The SMILES string of the molecule is COc1ccc2cc(OCc3nc4c5c(C)c(C)sc5ncn4n3)ccc2c1. The number of nitrogens with zero attached hydrogens (tertiary/aromatic N) is 4. The molecule has 0 bridgehead atoms. The summed E-state index contributed by atoms with van der Waals surface area (Å²) in [6, 6.07) is 12.0. The van der Waals surface area contributed by atoms with E-state index in [1.807, 2.05) is 36.4 Å². The van der Waals surface area contributed by atoms with Gasteiger partial charge in [0.1, 0.15) is 29.3 Å². The van der Waals surface area contributed by atoms with Crippen LogP contribution in [0.3, 0.4) is 0 Å². The molecule has 28 heavy (non-hydrogen) atoms. The van der Waals surface area contributed by atoms with E-state index in [2.05, 4.69) is 23.9 Å². The molecule has 7 heteroatoms. The van der Waals surface area contributed by atoms with E-state index in [9.17, 15) is 0 Å². The maximum Gasteiger partial charge on any atom is 0.189 e. The first-order chi connectivity index (χ1) is 13.6. The standard InChI is InChI=1S/C21H18N4O2S/c1-12-13(2)28-21-19(12)20-23-18(24-25(20)11-22-21)10-27-17-7-5-14-8-16(26-3)6-4-15(14)9-17/h4-9,11H,10H2,1-3H3. The summed E-state index contributed by atoms with van der Waals surface area (Å²) in [7, 11) is 1.67. The molecule has 0 aliphatic carbocycles. The van der Waals surface area contributed by atoms with Crippen molar-refractivity contribution < 1.29 is 9.47 Å². The summed E-state index contributed by atoms with van der Waals surface area (Å²) in [4.78, 5) is 11.4. The first kappa shape index (κ1) is 16.9. The third-order valence-corrected chi connectivity index (χ3v) is 6.05. The fourth-order valence-electron chi connectivity index (χ4n) is 3.32. The van der Waals surface area contributed by atoms with Gasteiger partial charge in [0.05, 0.1) is 12.5 Å². The van der Waals surface area contributed by atoms with Crippen LogP contribution in [-0.4, -0.2) is 26.7 Å². The molecule has 0 aliphatic heterocycles.